The molecule has 0 bridgehead atoms. The van der Waals surface area contributed by atoms with Gasteiger partial charge in [-0.1, -0.05) is 12.1 Å². The van der Waals surface area contributed by atoms with Crippen LogP contribution < -0.4 is 0 Å². The fraction of sp³-hybridized carbons (Fsp3) is 0.250. The molecular weight excluding hydrogens is 208 g/mol. The molecule has 0 saturated heterocycles. The van der Waals surface area contributed by atoms with E-state index in [1.54, 1.807) is 31.4 Å². The molecule has 2 rings (SSSR count). The number of hydrogen-bond acceptors (Lipinski definition) is 4. The molecule has 1 heterocycles. The first-order valence-electron chi connectivity index (χ1n) is 5.04. The zero-order valence-electron chi connectivity index (χ0n) is 8.84. The van der Waals surface area contributed by atoms with Crippen LogP contribution in [0.3, 0.4) is 0 Å². The van der Waals surface area contributed by atoms with E-state index in [1.807, 2.05) is 6.07 Å². The van der Waals surface area contributed by atoms with E-state index in [-0.39, 0.29) is 6.61 Å². The number of carbonyl (C=O) groups is 1. The maximum atomic E-state index is 11.3. The predicted octanol–water partition coefficient (Wildman–Crippen LogP) is 2.03. The van der Waals surface area contributed by atoms with Crippen molar-refractivity contribution < 1.29 is 19.1 Å². The quantitative estimate of drug-likeness (QED) is 0.804. The Morgan fingerprint density at radius 2 is 2.31 bits per heavy atom. The Hall–Kier alpha value is -1.81. The summed E-state index contributed by atoms with van der Waals surface area (Å²) in [5.41, 5.74) is 1.11. The highest BCUT2D eigenvalue weighted by Gasteiger charge is 2.18. The van der Waals surface area contributed by atoms with Gasteiger partial charge in [-0.3, -0.25) is 0 Å². The van der Waals surface area contributed by atoms with Crippen LogP contribution in [-0.4, -0.2) is 17.7 Å². The summed E-state index contributed by atoms with van der Waals surface area (Å²) in [5, 5.41) is 10.6. The Morgan fingerprint density at radius 1 is 1.50 bits per heavy atom. The summed E-state index contributed by atoms with van der Waals surface area (Å²) < 4.78 is 9.92. The number of benzene rings is 1. The van der Waals surface area contributed by atoms with Crippen LogP contribution in [0.5, 0.6) is 0 Å². The van der Waals surface area contributed by atoms with Gasteiger partial charge in [0.1, 0.15) is 5.58 Å². The second-order valence-corrected chi connectivity index (χ2v) is 3.37. The minimum absolute atomic E-state index is 0.249. The number of hydrogen-bond donors (Lipinski definition) is 1. The van der Waals surface area contributed by atoms with Crippen molar-refractivity contribution in [2.75, 3.05) is 6.61 Å². The van der Waals surface area contributed by atoms with Crippen molar-refractivity contribution in [3.8, 4) is 0 Å². The van der Waals surface area contributed by atoms with E-state index in [4.69, 9.17) is 9.15 Å². The van der Waals surface area contributed by atoms with E-state index in [2.05, 4.69) is 0 Å². The smallest absolute Gasteiger partial charge is 0.339 e. The predicted molar refractivity (Wildman–Crippen MR) is 57.8 cm³/mol. The highest BCUT2D eigenvalue weighted by Crippen LogP contribution is 2.21. The van der Waals surface area contributed by atoms with Crippen molar-refractivity contribution in [3.05, 3.63) is 36.1 Å². The Labute approximate surface area is 92.4 Å². The lowest BCUT2D eigenvalue weighted by Crippen LogP contribution is -2.15. The third kappa shape index (κ3) is 1.92. The van der Waals surface area contributed by atoms with Crippen LogP contribution in [0.25, 0.3) is 11.0 Å². The Bertz CT molecular complexity index is 500. The van der Waals surface area contributed by atoms with Gasteiger partial charge >= 0.3 is 5.97 Å². The van der Waals surface area contributed by atoms with Gasteiger partial charge in [0.15, 0.2) is 6.10 Å². The van der Waals surface area contributed by atoms with Gasteiger partial charge in [-0.05, 0) is 24.6 Å². The highest BCUT2D eigenvalue weighted by molar-refractivity contribution is 5.81. The fourth-order valence-corrected chi connectivity index (χ4v) is 1.50. The summed E-state index contributed by atoms with van der Waals surface area (Å²) in [5.74, 6) is -0.645. The van der Waals surface area contributed by atoms with Crippen LogP contribution in [-0.2, 0) is 9.53 Å². The zero-order valence-corrected chi connectivity index (χ0v) is 8.84. The number of aliphatic hydroxyl groups is 1. The Kier molecular flexibility index (Phi) is 2.92. The van der Waals surface area contributed by atoms with Gasteiger partial charge in [0.25, 0.3) is 0 Å². The standard InChI is InChI=1S/C12H12O4/c1-2-15-12(14)11(13)9-4-3-8-5-6-16-10(8)7-9/h3-7,11,13H,2H2,1H3. The van der Waals surface area contributed by atoms with Gasteiger partial charge in [-0.2, -0.15) is 0 Å². The van der Waals surface area contributed by atoms with Gasteiger partial charge in [-0.15, -0.1) is 0 Å². The molecule has 0 spiro atoms. The van der Waals surface area contributed by atoms with Gasteiger partial charge in [-0.25, -0.2) is 4.79 Å². The summed E-state index contributed by atoms with van der Waals surface area (Å²) in [4.78, 5) is 11.3. The van der Waals surface area contributed by atoms with Crippen molar-refractivity contribution in [3.63, 3.8) is 0 Å². The Morgan fingerprint density at radius 3 is 3.06 bits per heavy atom. The molecule has 0 amide bonds. The lowest BCUT2D eigenvalue weighted by Gasteiger charge is -2.09. The number of ether oxygens (including phenoxy) is 1. The number of rotatable bonds is 3. The van der Waals surface area contributed by atoms with Crippen molar-refractivity contribution >= 4 is 16.9 Å². The number of esters is 1. The highest BCUT2D eigenvalue weighted by atomic mass is 16.5. The van der Waals surface area contributed by atoms with Crippen molar-refractivity contribution in [1.82, 2.24) is 0 Å². The number of furan rings is 1. The monoisotopic (exact) mass is 220 g/mol. The Balaban J connectivity index is 2.28. The summed E-state index contributed by atoms with van der Waals surface area (Å²) in [6.07, 6.45) is 0.306. The van der Waals surface area contributed by atoms with E-state index in [1.165, 1.54) is 0 Å². The molecule has 1 aromatic carbocycles. The molecule has 0 radical (unpaired) electrons. The molecule has 1 unspecified atom stereocenters. The molecule has 0 fully saturated rings. The summed E-state index contributed by atoms with van der Waals surface area (Å²) in [6, 6.07) is 6.92. The lowest BCUT2D eigenvalue weighted by molar-refractivity contribution is -0.153. The minimum Gasteiger partial charge on any atom is -0.464 e. The van der Waals surface area contributed by atoms with Crippen LogP contribution in [0.1, 0.15) is 18.6 Å². The van der Waals surface area contributed by atoms with Crippen molar-refractivity contribution in [1.29, 1.82) is 0 Å². The summed E-state index contributed by atoms with van der Waals surface area (Å²) >= 11 is 0. The number of aliphatic hydroxyl groups excluding tert-OH is 1. The zero-order chi connectivity index (χ0) is 11.5. The van der Waals surface area contributed by atoms with Crippen LogP contribution in [0.2, 0.25) is 0 Å². The molecule has 4 nitrogen and oxygen atoms in total. The molecule has 16 heavy (non-hydrogen) atoms. The minimum atomic E-state index is -1.26. The van der Waals surface area contributed by atoms with Crippen LogP contribution in [0, 0.1) is 0 Å². The summed E-state index contributed by atoms with van der Waals surface area (Å²) in [6.45, 7) is 1.94. The van der Waals surface area contributed by atoms with Crippen LogP contribution >= 0.6 is 0 Å². The molecule has 0 aliphatic rings. The van der Waals surface area contributed by atoms with E-state index in [9.17, 15) is 9.90 Å². The third-order valence-corrected chi connectivity index (χ3v) is 2.31. The van der Waals surface area contributed by atoms with Crippen LogP contribution in [0.15, 0.2) is 34.9 Å². The molecule has 2 aromatic rings. The first-order chi connectivity index (χ1) is 7.72. The molecule has 0 aliphatic heterocycles. The van der Waals surface area contributed by atoms with Gasteiger partial charge in [0.2, 0.25) is 0 Å². The average molecular weight is 220 g/mol. The SMILES string of the molecule is CCOC(=O)C(O)c1ccc2ccoc2c1. The second-order valence-electron chi connectivity index (χ2n) is 3.37. The van der Waals surface area contributed by atoms with E-state index in [0.717, 1.165) is 5.39 Å². The van der Waals surface area contributed by atoms with E-state index in [0.29, 0.717) is 11.1 Å². The molecule has 4 heteroatoms. The normalized spacial score (nSPS) is 12.6. The molecule has 84 valence electrons. The van der Waals surface area contributed by atoms with Gasteiger partial charge in [0.05, 0.1) is 12.9 Å². The third-order valence-electron chi connectivity index (χ3n) is 2.31. The number of carbonyl (C=O) groups excluding carboxylic acids is 1. The van der Waals surface area contributed by atoms with Gasteiger partial charge < -0.3 is 14.3 Å². The molecule has 1 N–H and O–H groups in total. The number of fused-ring (bicyclic) bond motifs is 1. The lowest BCUT2D eigenvalue weighted by atomic mass is 10.1. The van der Waals surface area contributed by atoms with E-state index < -0.39 is 12.1 Å². The molecule has 0 saturated carbocycles. The van der Waals surface area contributed by atoms with Crippen LogP contribution in [0.4, 0.5) is 0 Å². The topological polar surface area (TPSA) is 59.7 Å². The maximum absolute atomic E-state index is 11.3. The molecule has 0 aliphatic carbocycles. The fourth-order valence-electron chi connectivity index (χ4n) is 1.50. The first-order valence-corrected chi connectivity index (χ1v) is 5.04. The van der Waals surface area contributed by atoms with Crippen molar-refractivity contribution in [2.24, 2.45) is 0 Å². The molecule has 1 atom stereocenters. The van der Waals surface area contributed by atoms with E-state index >= 15 is 0 Å². The largest absolute Gasteiger partial charge is 0.464 e. The molecule has 1 aromatic heterocycles. The first kappa shape index (κ1) is 10.7. The second kappa shape index (κ2) is 4.37. The maximum Gasteiger partial charge on any atom is 0.339 e. The molecular formula is C12H12O4. The van der Waals surface area contributed by atoms with Gasteiger partial charge in [0, 0.05) is 5.39 Å². The van der Waals surface area contributed by atoms with Crippen molar-refractivity contribution in [2.45, 2.75) is 13.0 Å². The summed E-state index contributed by atoms with van der Waals surface area (Å²) in [7, 11) is 0. The average Bonchev–Trinajstić information content (AvgIpc) is 2.75.